The van der Waals surface area contributed by atoms with Crippen molar-refractivity contribution in [2.75, 3.05) is 0 Å². The summed E-state index contributed by atoms with van der Waals surface area (Å²) in [7, 11) is -4.67. The fourth-order valence-corrected chi connectivity index (χ4v) is 2.55. The first-order valence-electron chi connectivity index (χ1n) is 4.54. The van der Waals surface area contributed by atoms with Crippen LogP contribution in [0.3, 0.4) is 0 Å². The molecule has 0 atom stereocenters. The van der Waals surface area contributed by atoms with Crippen molar-refractivity contribution in [2.24, 2.45) is 9.98 Å². The van der Waals surface area contributed by atoms with Crippen molar-refractivity contribution < 1.29 is 17.5 Å². The first kappa shape index (κ1) is 20.9. The van der Waals surface area contributed by atoms with E-state index in [9.17, 15) is 0 Å². The molecule has 0 aromatic rings. The first-order chi connectivity index (χ1) is 8.62. The van der Waals surface area contributed by atoms with Gasteiger partial charge in [-0.3, -0.25) is 19.1 Å². The van der Waals surface area contributed by atoms with Crippen LogP contribution in [-0.4, -0.2) is 43.2 Å². The summed E-state index contributed by atoms with van der Waals surface area (Å²) in [6.45, 7) is 0. The zero-order valence-corrected chi connectivity index (χ0v) is 14.7. The Morgan fingerprint density at radius 2 is 1.15 bits per heavy atom. The van der Waals surface area contributed by atoms with Crippen LogP contribution in [0.2, 0.25) is 0 Å². The summed E-state index contributed by atoms with van der Waals surface area (Å²) in [5, 5.41) is 0. The molecule has 0 spiro atoms. The first-order valence-corrected chi connectivity index (χ1v) is 8.21. The minimum absolute atomic E-state index is 0.0611. The largest absolute Gasteiger partial charge is 0.394 e. The summed E-state index contributed by atoms with van der Waals surface area (Å²) in [4.78, 5) is 8.17. The fraction of sp³-hybridized carbons (Fsp3) is 0.714. The monoisotopic (exact) mass is 426 g/mol. The molecular weight excluding hydrogens is 421 g/mol. The second-order valence-corrected chi connectivity index (χ2v) is 9.50. The molecule has 0 saturated heterocycles. The standard InChI is InChI=1S/C7H6Cl6N2.H2O4S/c8-6(9,10)3-5(4-7(11,12)13)14-1-2-15-5;1-5(2,3)4/h1-2H,3-4H2;(H2,1,2,3,4). The molecule has 0 saturated carbocycles. The van der Waals surface area contributed by atoms with Crippen molar-refractivity contribution in [2.45, 2.75) is 26.1 Å². The predicted molar refractivity (Wildman–Crippen MR) is 83.7 cm³/mol. The van der Waals surface area contributed by atoms with E-state index in [1.165, 1.54) is 12.4 Å². The van der Waals surface area contributed by atoms with Crippen LogP contribution in [0, 0.1) is 0 Å². The average molecular weight is 429 g/mol. The number of alkyl halides is 6. The quantitative estimate of drug-likeness (QED) is 0.517. The van der Waals surface area contributed by atoms with Gasteiger partial charge in [0.1, 0.15) is 0 Å². The van der Waals surface area contributed by atoms with E-state index in [0.29, 0.717) is 0 Å². The Kier molecular flexibility index (Phi) is 7.83. The highest BCUT2D eigenvalue weighted by Crippen LogP contribution is 2.45. The maximum absolute atomic E-state index is 8.74. The number of nitrogens with zero attached hydrogens (tertiary/aromatic N) is 2. The molecule has 2 N–H and O–H groups in total. The van der Waals surface area contributed by atoms with Gasteiger partial charge in [-0.15, -0.1) is 0 Å². The Morgan fingerprint density at radius 3 is 1.35 bits per heavy atom. The zero-order valence-electron chi connectivity index (χ0n) is 9.35. The van der Waals surface area contributed by atoms with Crippen LogP contribution in [0.1, 0.15) is 12.8 Å². The van der Waals surface area contributed by atoms with Crippen LogP contribution in [0.15, 0.2) is 9.98 Å². The fourth-order valence-electron chi connectivity index (χ4n) is 1.26. The van der Waals surface area contributed by atoms with E-state index in [1.54, 1.807) is 0 Å². The van der Waals surface area contributed by atoms with Crippen molar-refractivity contribution in [3.05, 3.63) is 0 Å². The number of hydrogen-bond donors (Lipinski definition) is 2. The van der Waals surface area contributed by atoms with Crippen molar-refractivity contribution in [1.82, 2.24) is 0 Å². The molecule has 0 aromatic heterocycles. The zero-order chi connectivity index (χ0) is 16.2. The second-order valence-electron chi connectivity index (χ2n) is 3.57. The third kappa shape index (κ3) is 12.7. The van der Waals surface area contributed by atoms with Gasteiger partial charge < -0.3 is 0 Å². The van der Waals surface area contributed by atoms with E-state index < -0.39 is 23.6 Å². The summed E-state index contributed by atoms with van der Waals surface area (Å²) in [6.07, 6.45) is 3.11. The number of hydrogen-bond acceptors (Lipinski definition) is 4. The molecule has 1 aliphatic rings. The third-order valence-corrected chi connectivity index (χ3v) is 2.47. The van der Waals surface area contributed by atoms with Gasteiger partial charge in [-0.25, -0.2) is 0 Å². The van der Waals surface area contributed by atoms with E-state index in [1.807, 2.05) is 0 Å². The molecule has 0 bridgehead atoms. The lowest BCUT2D eigenvalue weighted by molar-refractivity contribution is 0.381. The van der Waals surface area contributed by atoms with Gasteiger partial charge in [-0.05, 0) is 0 Å². The molecule has 0 aromatic carbocycles. The van der Waals surface area contributed by atoms with Crippen molar-refractivity contribution in [3.63, 3.8) is 0 Å². The van der Waals surface area contributed by atoms with Crippen LogP contribution >= 0.6 is 69.6 Å². The maximum atomic E-state index is 8.74. The van der Waals surface area contributed by atoms with E-state index >= 15 is 0 Å². The summed E-state index contributed by atoms with van der Waals surface area (Å²) in [5.41, 5.74) is -0.990. The summed E-state index contributed by atoms with van der Waals surface area (Å²) >= 11 is 34.1. The summed E-state index contributed by atoms with van der Waals surface area (Å²) in [6, 6.07) is 0. The average Bonchev–Trinajstić information content (AvgIpc) is 2.41. The molecule has 20 heavy (non-hydrogen) atoms. The molecule has 118 valence electrons. The van der Waals surface area contributed by atoms with Gasteiger partial charge in [-0.1, -0.05) is 69.6 Å². The van der Waals surface area contributed by atoms with Crippen LogP contribution < -0.4 is 0 Å². The molecule has 0 unspecified atom stereocenters. The molecule has 1 aliphatic heterocycles. The van der Waals surface area contributed by atoms with Gasteiger partial charge in [0.05, 0.1) is 0 Å². The van der Waals surface area contributed by atoms with E-state index in [2.05, 4.69) is 9.98 Å². The normalized spacial score (nSPS) is 17.8. The Morgan fingerprint density at radius 1 is 0.900 bits per heavy atom. The number of halogens is 6. The van der Waals surface area contributed by atoms with Crippen molar-refractivity contribution in [1.29, 1.82) is 0 Å². The highest BCUT2D eigenvalue weighted by molar-refractivity contribution is 7.79. The Labute approximate surface area is 145 Å². The Hall–Kier alpha value is 0.950. The van der Waals surface area contributed by atoms with Crippen LogP contribution in [-0.2, 0) is 10.4 Å². The Bertz CT molecular complexity index is 443. The Balaban J connectivity index is 0.000000621. The highest BCUT2D eigenvalue weighted by Gasteiger charge is 2.43. The van der Waals surface area contributed by atoms with Gasteiger partial charge in [-0.2, -0.15) is 8.42 Å². The highest BCUT2D eigenvalue weighted by atomic mass is 35.6. The van der Waals surface area contributed by atoms with Gasteiger partial charge in [0.25, 0.3) is 0 Å². The summed E-state index contributed by atoms with van der Waals surface area (Å²) in [5.74, 6) is 0. The molecule has 0 aliphatic carbocycles. The van der Waals surface area contributed by atoms with Gasteiger partial charge in [0.2, 0.25) is 0 Å². The van der Waals surface area contributed by atoms with Gasteiger partial charge >= 0.3 is 10.4 Å². The number of rotatable bonds is 2. The van der Waals surface area contributed by atoms with E-state index in [4.69, 9.17) is 87.1 Å². The smallest absolute Gasteiger partial charge is 0.264 e. The lowest BCUT2D eigenvalue weighted by atomic mass is 10.1. The molecule has 1 heterocycles. The maximum Gasteiger partial charge on any atom is 0.394 e. The lowest BCUT2D eigenvalue weighted by Crippen LogP contribution is -2.32. The molecule has 0 amide bonds. The summed E-state index contributed by atoms with van der Waals surface area (Å²) < 4.78 is 28.6. The van der Waals surface area contributed by atoms with E-state index in [-0.39, 0.29) is 12.8 Å². The SMILES string of the molecule is ClC(Cl)(Cl)CC1(CC(Cl)(Cl)Cl)N=CC=N1.O=S(=O)(O)O. The molecule has 0 radical (unpaired) electrons. The molecule has 6 nitrogen and oxygen atoms in total. The van der Waals surface area contributed by atoms with Gasteiger partial charge in [0.15, 0.2) is 13.2 Å². The van der Waals surface area contributed by atoms with Gasteiger partial charge in [0, 0.05) is 25.3 Å². The second kappa shape index (κ2) is 7.48. The predicted octanol–water partition coefficient (Wildman–Crippen LogP) is 3.71. The van der Waals surface area contributed by atoms with Crippen molar-refractivity contribution in [3.8, 4) is 0 Å². The van der Waals surface area contributed by atoms with Crippen molar-refractivity contribution >= 4 is 92.4 Å². The third-order valence-electron chi connectivity index (χ3n) is 1.66. The van der Waals surface area contributed by atoms with E-state index in [0.717, 1.165) is 0 Å². The topological polar surface area (TPSA) is 99.3 Å². The molecule has 1 rings (SSSR count). The lowest BCUT2D eigenvalue weighted by Gasteiger charge is -2.29. The molecule has 0 fully saturated rings. The van der Waals surface area contributed by atoms with Crippen LogP contribution in [0.25, 0.3) is 0 Å². The molecule has 13 heteroatoms. The van der Waals surface area contributed by atoms with Crippen LogP contribution in [0.5, 0.6) is 0 Å². The minimum Gasteiger partial charge on any atom is -0.264 e. The minimum atomic E-state index is -4.67. The van der Waals surface area contributed by atoms with Crippen LogP contribution in [0.4, 0.5) is 0 Å². The number of aliphatic imine (C=N–C) groups is 2. The molecular formula is C7H8Cl6N2O4S.